The fourth-order valence-electron chi connectivity index (χ4n) is 6.46. The Labute approximate surface area is 246 Å². The molecule has 0 amide bonds. The van der Waals surface area contributed by atoms with Crippen molar-refractivity contribution in [3.05, 3.63) is 87.6 Å². The largest absolute Gasteiger partial charge is 0.488 e. The van der Waals surface area contributed by atoms with Gasteiger partial charge in [-0.15, -0.1) is 0 Å². The number of carbonyl (C=O) groups is 1. The molecule has 4 aromatic rings. The lowest BCUT2D eigenvalue weighted by Gasteiger charge is -2.38. The highest BCUT2D eigenvalue weighted by Crippen LogP contribution is 2.34. The number of hydrogen-bond acceptors (Lipinski definition) is 6. The summed E-state index contributed by atoms with van der Waals surface area (Å²) in [6.45, 7) is 10.4. The van der Waals surface area contributed by atoms with Crippen LogP contribution in [0.5, 0.6) is 5.75 Å². The molecule has 0 spiro atoms. The lowest BCUT2D eigenvalue weighted by Crippen LogP contribution is -2.42. The number of ether oxygens (including phenoxy) is 2. The Morgan fingerprint density at radius 3 is 2.60 bits per heavy atom. The smallest absolute Gasteiger partial charge is 0.356 e. The average molecular weight is 567 g/mol. The van der Waals surface area contributed by atoms with Gasteiger partial charge in [-0.05, 0) is 86.6 Å². The van der Waals surface area contributed by atoms with E-state index in [2.05, 4.69) is 48.1 Å². The molecule has 1 fully saturated rings. The lowest BCUT2D eigenvalue weighted by atomic mass is 9.90. The van der Waals surface area contributed by atoms with Crippen molar-refractivity contribution < 1.29 is 19.4 Å². The van der Waals surface area contributed by atoms with Crippen LogP contribution < -0.4 is 4.74 Å². The summed E-state index contributed by atoms with van der Waals surface area (Å²) in [6.07, 6.45) is 3.32. The third-order valence-electron chi connectivity index (χ3n) is 8.81. The highest BCUT2D eigenvalue weighted by molar-refractivity contribution is 5.89. The van der Waals surface area contributed by atoms with Crippen molar-refractivity contribution in [3.63, 3.8) is 0 Å². The van der Waals surface area contributed by atoms with Crippen LogP contribution in [0.1, 0.15) is 56.7 Å². The van der Waals surface area contributed by atoms with Gasteiger partial charge in [0.1, 0.15) is 12.4 Å². The van der Waals surface area contributed by atoms with Crippen molar-refractivity contribution in [3.8, 4) is 28.4 Å². The van der Waals surface area contributed by atoms with Crippen molar-refractivity contribution in [2.75, 3.05) is 19.8 Å². The summed E-state index contributed by atoms with van der Waals surface area (Å²) in [7, 11) is 1.74. The Hall–Kier alpha value is -4.01. The van der Waals surface area contributed by atoms with Crippen LogP contribution in [-0.2, 0) is 31.4 Å². The van der Waals surface area contributed by atoms with Gasteiger partial charge in [0, 0.05) is 50.5 Å². The van der Waals surface area contributed by atoms with E-state index in [0.29, 0.717) is 29.6 Å². The molecule has 218 valence electrons. The zero-order valence-electron chi connectivity index (χ0n) is 24.8. The minimum atomic E-state index is -1.05. The van der Waals surface area contributed by atoms with Crippen LogP contribution in [-0.4, -0.2) is 56.5 Å². The first-order valence-corrected chi connectivity index (χ1v) is 14.7. The molecule has 0 atom stereocenters. The number of aryl methyl sites for hydroxylation is 2. The number of carboxylic acids is 1. The monoisotopic (exact) mass is 566 g/mol. The summed E-state index contributed by atoms with van der Waals surface area (Å²) >= 11 is 0. The van der Waals surface area contributed by atoms with Gasteiger partial charge in [-0.1, -0.05) is 29.8 Å². The topological polar surface area (TPSA) is 89.7 Å². The molecular formula is C34H38N4O4. The second-order valence-corrected chi connectivity index (χ2v) is 11.5. The van der Waals surface area contributed by atoms with Gasteiger partial charge in [0.25, 0.3) is 0 Å². The lowest BCUT2D eigenvalue weighted by molar-refractivity contribution is 0.0290. The van der Waals surface area contributed by atoms with Gasteiger partial charge in [-0.2, -0.15) is 5.10 Å². The fraction of sp³-hybridized carbons (Fsp3) is 0.382. The van der Waals surface area contributed by atoms with E-state index >= 15 is 0 Å². The van der Waals surface area contributed by atoms with Gasteiger partial charge in [0.05, 0.1) is 17.1 Å². The molecule has 6 rings (SSSR count). The second kappa shape index (κ2) is 11.7. The van der Waals surface area contributed by atoms with Crippen LogP contribution in [0.4, 0.5) is 0 Å². The molecule has 0 bridgehead atoms. The number of benzene rings is 2. The number of fused-ring (bicyclic) bond motifs is 1. The van der Waals surface area contributed by atoms with Crippen LogP contribution in [0.2, 0.25) is 0 Å². The van der Waals surface area contributed by atoms with Crippen LogP contribution in [0.25, 0.3) is 22.6 Å². The van der Waals surface area contributed by atoms with Crippen LogP contribution in [0.3, 0.4) is 0 Å². The van der Waals surface area contributed by atoms with Crippen molar-refractivity contribution >= 4 is 5.97 Å². The Kier molecular flexibility index (Phi) is 7.84. The van der Waals surface area contributed by atoms with Crippen LogP contribution in [0, 0.1) is 20.8 Å². The van der Waals surface area contributed by atoms with Crippen molar-refractivity contribution in [1.29, 1.82) is 0 Å². The van der Waals surface area contributed by atoms with E-state index < -0.39 is 5.97 Å². The summed E-state index contributed by atoms with van der Waals surface area (Å²) < 4.78 is 13.7. The van der Waals surface area contributed by atoms with Gasteiger partial charge in [0.15, 0.2) is 5.69 Å². The van der Waals surface area contributed by atoms with Crippen LogP contribution >= 0.6 is 0 Å². The number of pyridine rings is 1. The first-order valence-electron chi connectivity index (χ1n) is 14.7. The van der Waals surface area contributed by atoms with Crippen molar-refractivity contribution in [2.24, 2.45) is 7.05 Å². The van der Waals surface area contributed by atoms with Gasteiger partial charge in [-0.25, -0.2) is 9.78 Å². The number of hydrogen-bond donors (Lipinski definition) is 1. The number of carboxylic acid groups (broad SMARTS) is 1. The van der Waals surface area contributed by atoms with E-state index in [1.54, 1.807) is 18.7 Å². The maximum atomic E-state index is 11.6. The summed E-state index contributed by atoms with van der Waals surface area (Å²) in [5.41, 5.74) is 10.2. The Bertz CT molecular complexity index is 1640. The van der Waals surface area contributed by atoms with E-state index in [9.17, 15) is 9.90 Å². The van der Waals surface area contributed by atoms with E-state index in [-0.39, 0.29) is 5.69 Å². The molecular weight excluding hydrogens is 528 g/mol. The van der Waals surface area contributed by atoms with Gasteiger partial charge < -0.3 is 14.6 Å². The molecule has 1 saturated heterocycles. The quantitative estimate of drug-likeness (QED) is 0.298. The number of aromatic nitrogens is 3. The normalized spacial score (nSPS) is 15.9. The van der Waals surface area contributed by atoms with E-state index in [0.717, 1.165) is 68.1 Å². The molecule has 2 aromatic carbocycles. The molecule has 0 unspecified atom stereocenters. The van der Waals surface area contributed by atoms with Gasteiger partial charge >= 0.3 is 5.97 Å². The number of nitrogens with zero attached hydrogens (tertiary/aromatic N) is 4. The molecule has 4 heterocycles. The third-order valence-corrected chi connectivity index (χ3v) is 8.81. The molecule has 1 N–H and O–H groups in total. The molecule has 2 aromatic heterocycles. The minimum Gasteiger partial charge on any atom is -0.488 e. The SMILES string of the molecule is Cc1ccc(OCc2ccc3c(c2C)CCN(C2CCOCC2)C3)c(-c2cccc(-c3c(C)c(C(=O)O)nn3C)n2)c1. The molecule has 8 heteroatoms. The summed E-state index contributed by atoms with van der Waals surface area (Å²) in [5.74, 6) is -0.282. The predicted molar refractivity (Wildman–Crippen MR) is 162 cm³/mol. The zero-order chi connectivity index (χ0) is 29.4. The molecule has 0 aliphatic carbocycles. The molecule has 2 aliphatic heterocycles. The molecule has 42 heavy (non-hydrogen) atoms. The van der Waals surface area contributed by atoms with Gasteiger partial charge in [-0.3, -0.25) is 9.58 Å². The summed E-state index contributed by atoms with van der Waals surface area (Å²) in [6, 6.07) is 17.1. The number of aromatic carboxylic acids is 1. The molecule has 0 saturated carbocycles. The predicted octanol–water partition coefficient (Wildman–Crippen LogP) is 5.89. The standard InChI is InChI=1S/C34H38N4O4/c1-21-8-11-31(28(18-21)29-6-5-7-30(35-29)33-23(3)32(34(39)40)36-37(33)4)42-20-25-10-9-24-19-38(15-12-27(24)22(25)2)26-13-16-41-17-14-26/h5-11,18,26H,12-17,19-20H2,1-4H3,(H,39,40). The summed E-state index contributed by atoms with van der Waals surface area (Å²) in [4.78, 5) is 19.2. The van der Waals surface area contributed by atoms with E-state index in [1.165, 1.54) is 22.3 Å². The Morgan fingerprint density at radius 2 is 1.83 bits per heavy atom. The Morgan fingerprint density at radius 1 is 1.05 bits per heavy atom. The van der Waals surface area contributed by atoms with E-state index in [1.807, 2.05) is 24.3 Å². The first kappa shape index (κ1) is 28.1. The maximum absolute atomic E-state index is 11.6. The fourth-order valence-corrected chi connectivity index (χ4v) is 6.46. The molecule has 2 aliphatic rings. The second-order valence-electron chi connectivity index (χ2n) is 11.5. The summed E-state index contributed by atoms with van der Waals surface area (Å²) in [5, 5.41) is 13.7. The van der Waals surface area contributed by atoms with E-state index in [4.69, 9.17) is 14.5 Å². The van der Waals surface area contributed by atoms with Crippen molar-refractivity contribution in [1.82, 2.24) is 19.7 Å². The average Bonchev–Trinajstić information content (AvgIpc) is 3.31. The molecule has 0 radical (unpaired) electrons. The minimum absolute atomic E-state index is 0.0380. The van der Waals surface area contributed by atoms with Crippen molar-refractivity contribution in [2.45, 2.75) is 59.2 Å². The molecule has 8 nitrogen and oxygen atoms in total. The van der Waals surface area contributed by atoms with Crippen LogP contribution in [0.15, 0.2) is 48.5 Å². The zero-order valence-corrected chi connectivity index (χ0v) is 24.8. The highest BCUT2D eigenvalue weighted by Gasteiger charge is 2.27. The Balaban J connectivity index is 1.24. The maximum Gasteiger partial charge on any atom is 0.356 e. The number of rotatable bonds is 7. The third kappa shape index (κ3) is 5.44. The van der Waals surface area contributed by atoms with Gasteiger partial charge in [0.2, 0.25) is 0 Å². The highest BCUT2D eigenvalue weighted by atomic mass is 16.5. The first-order chi connectivity index (χ1) is 20.3.